The highest BCUT2D eigenvalue weighted by Crippen LogP contribution is 2.12. The fourth-order valence-electron chi connectivity index (χ4n) is 1.35. The van der Waals surface area contributed by atoms with Crippen molar-refractivity contribution in [1.29, 1.82) is 0 Å². The molecule has 1 atom stereocenters. The molecule has 1 aromatic carbocycles. The average Bonchev–Trinajstić information content (AvgIpc) is 2.30. The molecule has 5 nitrogen and oxygen atoms in total. The molecule has 0 heterocycles. The molecule has 1 unspecified atom stereocenters. The second-order valence-corrected chi connectivity index (χ2v) is 3.89. The lowest BCUT2D eigenvalue weighted by atomic mass is 10.1. The van der Waals surface area contributed by atoms with Crippen molar-refractivity contribution in [2.75, 3.05) is 26.0 Å². The summed E-state index contributed by atoms with van der Waals surface area (Å²) in [5.41, 5.74) is 7.71. The van der Waals surface area contributed by atoms with Crippen molar-refractivity contribution in [2.24, 2.45) is 0 Å². The van der Waals surface area contributed by atoms with Gasteiger partial charge in [-0.25, -0.2) is 0 Å². The summed E-state index contributed by atoms with van der Waals surface area (Å²) in [6, 6.07) is 5.10. The molecule has 0 bridgehead atoms. The minimum absolute atomic E-state index is 0.153. The van der Waals surface area contributed by atoms with Crippen molar-refractivity contribution < 1.29 is 14.6 Å². The van der Waals surface area contributed by atoms with E-state index < -0.39 is 6.10 Å². The summed E-state index contributed by atoms with van der Waals surface area (Å²) < 4.78 is 4.76. The number of benzene rings is 1. The van der Waals surface area contributed by atoms with E-state index in [0.717, 1.165) is 5.56 Å². The molecule has 0 spiro atoms. The van der Waals surface area contributed by atoms with E-state index in [-0.39, 0.29) is 19.1 Å². The number of carbonyl (C=O) groups is 1. The number of amides is 1. The number of aliphatic hydroxyl groups is 1. The number of methoxy groups -OCH3 is 1. The summed E-state index contributed by atoms with van der Waals surface area (Å²) in [4.78, 5) is 11.7. The zero-order valence-corrected chi connectivity index (χ0v) is 10.1. The van der Waals surface area contributed by atoms with Gasteiger partial charge >= 0.3 is 0 Å². The number of nitrogen functional groups attached to an aromatic ring is 1. The van der Waals surface area contributed by atoms with Gasteiger partial charge in [-0.1, -0.05) is 6.07 Å². The molecule has 0 fully saturated rings. The van der Waals surface area contributed by atoms with Gasteiger partial charge in [-0.2, -0.15) is 0 Å². The first-order valence-electron chi connectivity index (χ1n) is 5.36. The molecule has 0 aliphatic carbocycles. The number of nitrogens with one attached hydrogen (secondary N) is 1. The minimum Gasteiger partial charge on any atom is -0.398 e. The Labute approximate surface area is 101 Å². The number of carbonyl (C=O) groups excluding carboxylic acids is 1. The third-order valence-corrected chi connectivity index (χ3v) is 2.40. The lowest BCUT2D eigenvalue weighted by molar-refractivity contribution is 0.0610. The Kier molecular flexibility index (Phi) is 4.93. The maximum absolute atomic E-state index is 11.7. The highest BCUT2D eigenvalue weighted by molar-refractivity contribution is 5.95. The van der Waals surface area contributed by atoms with Crippen molar-refractivity contribution in [3.8, 4) is 0 Å². The first-order valence-corrected chi connectivity index (χ1v) is 5.36. The van der Waals surface area contributed by atoms with Gasteiger partial charge in [-0.15, -0.1) is 0 Å². The van der Waals surface area contributed by atoms with E-state index in [1.54, 1.807) is 18.2 Å². The molecule has 1 aromatic rings. The van der Waals surface area contributed by atoms with Gasteiger partial charge in [0.15, 0.2) is 0 Å². The number of nitrogens with two attached hydrogens (primary N) is 1. The largest absolute Gasteiger partial charge is 0.398 e. The molecule has 4 N–H and O–H groups in total. The number of hydrogen-bond donors (Lipinski definition) is 3. The van der Waals surface area contributed by atoms with Crippen LogP contribution in [-0.2, 0) is 4.74 Å². The van der Waals surface area contributed by atoms with Crippen LogP contribution < -0.4 is 11.1 Å². The molecule has 0 radical (unpaired) electrons. The summed E-state index contributed by atoms with van der Waals surface area (Å²) >= 11 is 0. The van der Waals surface area contributed by atoms with E-state index >= 15 is 0 Å². The monoisotopic (exact) mass is 238 g/mol. The van der Waals surface area contributed by atoms with Crippen molar-refractivity contribution in [3.05, 3.63) is 29.3 Å². The maximum Gasteiger partial charge on any atom is 0.251 e. The number of hydrogen-bond acceptors (Lipinski definition) is 4. The van der Waals surface area contributed by atoms with Crippen LogP contribution in [0.2, 0.25) is 0 Å². The van der Waals surface area contributed by atoms with Gasteiger partial charge in [0, 0.05) is 24.9 Å². The fourth-order valence-corrected chi connectivity index (χ4v) is 1.35. The quantitative estimate of drug-likeness (QED) is 0.645. The number of ether oxygens (including phenoxy) is 1. The highest BCUT2D eigenvalue weighted by Gasteiger charge is 2.09. The van der Waals surface area contributed by atoms with Gasteiger partial charge in [0.1, 0.15) is 0 Å². The Morgan fingerprint density at radius 1 is 1.59 bits per heavy atom. The molecule has 0 aliphatic heterocycles. The van der Waals surface area contributed by atoms with Crippen molar-refractivity contribution in [1.82, 2.24) is 5.32 Å². The van der Waals surface area contributed by atoms with Gasteiger partial charge < -0.3 is 20.9 Å². The number of aliphatic hydroxyl groups excluding tert-OH is 1. The molecule has 0 aromatic heterocycles. The van der Waals surface area contributed by atoms with Crippen LogP contribution in [0.3, 0.4) is 0 Å². The van der Waals surface area contributed by atoms with E-state index in [1.165, 1.54) is 7.11 Å². The van der Waals surface area contributed by atoms with E-state index in [1.807, 2.05) is 6.92 Å². The molecule has 17 heavy (non-hydrogen) atoms. The van der Waals surface area contributed by atoms with Crippen LogP contribution in [0.5, 0.6) is 0 Å². The zero-order chi connectivity index (χ0) is 12.8. The van der Waals surface area contributed by atoms with Crippen LogP contribution in [-0.4, -0.2) is 37.4 Å². The van der Waals surface area contributed by atoms with Crippen molar-refractivity contribution >= 4 is 11.6 Å². The molecular formula is C12H18N2O3. The summed E-state index contributed by atoms with van der Waals surface area (Å²) in [6.07, 6.45) is -0.702. The Hall–Kier alpha value is -1.59. The maximum atomic E-state index is 11.7. The number of anilines is 1. The van der Waals surface area contributed by atoms with Crippen LogP contribution in [0.4, 0.5) is 5.69 Å². The van der Waals surface area contributed by atoms with Crippen molar-refractivity contribution in [2.45, 2.75) is 13.0 Å². The molecular weight excluding hydrogens is 220 g/mol. The topological polar surface area (TPSA) is 84.6 Å². The van der Waals surface area contributed by atoms with Gasteiger partial charge in [0.25, 0.3) is 5.91 Å². The molecule has 0 saturated carbocycles. The lowest BCUT2D eigenvalue weighted by Gasteiger charge is -2.11. The number of aryl methyl sites for hydroxylation is 1. The lowest BCUT2D eigenvalue weighted by Crippen LogP contribution is -2.34. The molecule has 1 amide bonds. The predicted molar refractivity (Wildman–Crippen MR) is 65.8 cm³/mol. The molecule has 94 valence electrons. The Morgan fingerprint density at radius 3 is 2.88 bits per heavy atom. The summed E-state index contributed by atoms with van der Waals surface area (Å²) in [7, 11) is 1.49. The minimum atomic E-state index is -0.702. The second-order valence-electron chi connectivity index (χ2n) is 3.89. The first-order chi connectivity index (χ1) is 8.04. The SMILES string of the molecule is COCC(O)CNC(=O)c1ccc(C)c(N)c1. The average molecular weight is 238 g/mol. The van der Waals surface area contributed by atoms with Gasteiger partial charge in [-0.3, -0.25) is 4.79 Å². The van der Waals surface area contributed by atoms with Crippen LogP contribution in [0.1, 0.15) is 15.9 Å². The number of rotatable bonds is 5. The van der Waals surface area contributed by atoms with Crippen LogP contribution in [0, 0.1) is 6.92 Å². The van der Waals surface area contributed by atoms with Crippen LogP contribution in [0.15, 0.2) is 18.2 Å². The second kappa shape index (κ2) is 6.22. The molecule has 5 heteroatoms. The molecule has 0 saturated heterocycles. The fraction of sp³-hybridized carbons (Fsp3) is 0.417. The molecule has 0 aliphatic rings. The van der Waals surface area contributed by atoms with Gasteiger partial charge in [0.05, 0.1) is 12.7 Å². The Morgan fingerprint density at radius 2 is 2.29 bits per heavy atom. The highest BCUT2D eigenvalue weighted by atomic mass is 16.5. The molecule has 1 rings (SSSR count). The smallest absolute Gasteiger partial charge is 0.251 e. The Balaban J connectivity index is 2.55. The Bertz CT molecular complexity index is 393. The summed E-state index contributed by atoms with van der Waals surface area (Å²) in [6.45, 7) is 2.22. The first kappa shape index (κ1) is 13.5. The predicted octanol–water partition coefficient (Wildman–Crippen LogP) is 0.314. The van der Waals surface area contributed by atoms with Crippen LogP contribution in [0.25, 0.3) is 0 Å². The third kappa shape index (κ3) is 4.05. The standard InChI is InChI=1S/C12H18N2O3/c1-8-3-4-9(5-11(8)13)12(16)14-6-10(15)7-17-2/h3-5,10,15H,6-7,13H2,1-2H3,(H,14,16). The summed E-state index contributed by atoms with van der Waals surface area (Å²) in [5, 5.41) is 12.0. The van der Waals surface area contributed by atoms with E-state index in [9.17, 15) is 9.90 Å². The van der Waals surface area contributed by atoms with Gasteiger partial charge in [-0.05, 0) is 24.6 Å². The van der Waals surface area contributed by atoms with Gasteiger partial charge in [0.2, 0.25) is 0 Å². The normalized spacial score (nSPS) is 12.2. The van der Waals surface area contributed by atoms with E-state index in [2.05, 4.69) is 5.32 Å². The van der Waals surface area contributed by atoms with Crippen molar-refractivity contribution in [3.63, 3.8) is 0 Å². The van der Waals surface area contributed by atoms with E-state index in [0.29, 0.717) is 11.3 Å². The third-order valence-electron chi connectivity index (χ3n) is 2.40. The zero-order valence-electron chi connectivity index (χ0n) is 10.1. The summed E-state index contributed by atoms with van der Waals surface area (Å²) in [5.74, 6) is -0.258. The van der Waals surface area contributed by atoms with Crippen LogP contribution >= 0.6 is 0 Å². The van der Waals surface area contributed by atoms with E-state index in [4.69, 9.17) is 10.5 Å².